The first-order valence-electron chi connectivity index (χ1n) is 4.73. The Kier molecular flexibility index (Phi) is 4.77. The average molecular weight is 380 g/mol. The van der Waals surface area contributed by atoms with Crippen molar-refractivity contribution >= 4 is 31.9 Å². The number of alkyl halides is 3. The van der Waals surface area contributed by atoms with Gasteiger partial charge < -0.3 is 5.11 Å². The third-order valence-corrected chi connectivity index (χ3v) is 3.84. The highest BCUT2D eigenvalue weighted by Gasteiger charge is 2.32. The van der Waals surface area contributed by atoms with Crippen LogP contribution in [0, 0.1) is 5.82 Å². The van der Waals surface area contributed by atoms with Crippen molar-refractivity contribution in [1.29, 1.82) is 0 Å². The minimum absolute atomic E-state index is 0.108. The molecule has 2 N–H and O–H groups in total. The topological polar surface area (TPSA) is 83.5 Å². The van der Waals surface area contributed by atoms with Crippen LogP contribution in [0.1, 0.15) is 10.4 Å². The number of sulfonamides is 1. The quantitative estimate of drug-likeness (QED) is 0.785. The predicted octanol–water partition coefficient (Wildman–Crippen LogP) is 2.13. The lowest BCUT2D eigenvalue weighted by Crippen LogP contribution is -2.34. The van der Waals surface area contributed by atoms with E-state index < -0.39 is 45.0 Å². The molecule has 0 amide bonds. The second kappa shape index (κ2) is 5.66. The van der Waals surface area contributed by atoms with Gasteiger partial charge in [0.1, 0.15) is 11.4 Å². The molecule has 0 bridgehead atoms. The molecular weight excluding hydrogens is 374 g/mol. The van der Waals surface area contributed by atoms with E-state index in [2.05, 4.69) is 15.9 Å². The smallest absolute Gasteiger partial charge is 0.402 e. The van der Waals surface area contributed by atoms with Crippen molar-refractivity contribution in [2.24, 2.45) is 0 Å². The summed E-state index contributed by atoms with van der Waals surface area (Å²) in [7, 11) is -4.84. The van der Waals surface area contributed by atoms with Gasteiger partial charge in [-0.15, -0.1) is 0 Å². The van der Waals surface area contributed by atoms with Gasteiger partial charge in [0, 0.05) is 4.47 Å². The van der Waals surface area contributed by atoms with Crippen molar-refractivity contribution in [2.45, 2.75) is 11.1 Å². The van der Waals surface area contributed by atoms with Crippen molar-refractivity contribution in [1.82, 2.24) is 4.72 Å². The number of benzene rings is 1. The van der Waals surface area contributed by atoms with Crippen molar-refractivity contribution in [3.8, 4) is 0 Å². The molecule has 0 aliphatic carbocycles. The van der Waals surface area contributed by atoms with Crippen LogP contribution < -0.4 is 4.72 Å². The summed E-state index contributed by atoms with van der Waals surface area (Å²) in [6.07, 6.45) is -4.83. The zero-order chi connectivity index (χ0) is 15.7. The van der Waals surface area contributed by atoms with E-state index in [-0.39, 0.29) is 4.47 Å². The molecule has 0 aliphatic heterocycles. The maximum atomic E-state index is 13.7. The van der Waals surface area contributed by atoms with Crippen LogP contribution in [0.15, 0.2) is 21.5 Å². The minimum atomic E-state index is -4.84. The number of carboxylic acids is 1. The molecule has 0 saturated heterocycles. The van der Waals surface area contributed by atoms with Gasteiger partial charge in [-0.25, -0.2) is 22.3 Å². The maximum Gasteiger partial charge on any atom is 0.402 e. The fourth-order valence-electron chi connectivity index (χ4n) is 1.17. The molecular formula is C9H6BrF4NO4S. The highest BCUT2D eigenvalue weighted by atomic mass is 79.9. The summed E-state index contributed by atoms with van der Waals surface area (Å²) in [4.78, 5) is 9.53. The van der Waals surface area contributed by atoms with Crippen LogP contribution in [0.5, 0.6) is 0 Å². The summed E-state index contributed by atoms with van der Waals surface area (Å²) < 4.78 is 73.8. The summed E-state index contributed by atoms with van der Waals surface area (Å²) in [5, 5.41) is 8.68. The summed E-state index contributed by atoms with van der Waals surface area (Å²) in [5.74, 6) is -3.40. The molecule has 11 heteroatoms. The first kappa shape index (κ1) is 16.9. The second-order valence-electron chi connectivity index (χ2n) is 3.51. The Morgan fingerprint density at radius 3 is 2.35 bits per heavy atom. The van der Waals surface area contributed by atoms with Crippen LogP contribution in [0.3, 0.4) is 0 Å². The Bertz CT molecular complexity index is 644. The zero-order valence-electron chi connectivity index (χ0n) is 9.33. The van der Waals surface area contributed by atoms with Gasteiger partial charge in [-0.3, -0.25) is 0 Å². The molecule has 0 aromatic heterocycles. The minimum Gasteiger partial charge on any atom is -0.478 e. The lowest BCUT2D eigenvalue weighted by molar-refractivity contribution is -0.121. The number of aromatic carboxylic acids is 1. The zero-order valence-corrected chi connectivity index (χ0v) is 11.7. The molecule has 20 heavy (non-hydrogen) atoms. The van der Waals surface area contributed by atoms with E-state index in [0.717, 1.165) is 10.8 Å². The van der Waals surface area contributed by atoms with Crippen molar-refractivity contribution in [3.05, 3.63) is 28.0 Å². The fourth-order valence-corrected chi connectivity index (χ4v) is 2.92. The first-order chi connectivity index (χ1) is 8.94. The summed E-state index contributed by atoms with van der Waals surface area (Å²) in [6, 6.07) is 1.46. The Morgan fingerprint density at radius 2 is 1.90 bits per heavy atom. The van der Waals surface area contributed by atoms with Gasteiger partial charge in [-0.1, -0.05) is 15.9 Å². The van der Waals surface area contributed by atoms with E-state index in [1.807, 2.05) is 0 Å². The van der Waals surface area contributed by atoms with Gasteiger partial charge in [0.2, 0.25) is 10.0 Å². The van der Waals surface area contributed by atoms with Crippen LogP contribution in [-0.4, -0.2) is 32.2 Å². The van der Waals surface area contributed by atoms with E-state index in [9.17, 15) is 30.8 Å². The third-order valence-electron chi connectivity index (χ3n) is 1.99. The highest BCUT2D eigenvalue weighted by molar-refractivity contribution is 9.10. The molecule has 1 rings (SSSR count). The van der Waals surface area contributed by atoms with Crippen molar-refractivity contribution in [3.63, 3.8) is 0 Å². The van der Waals surface area contributed by atoms with Gasteiger partial charge >= 0.3 is 12.1 Å². The summed E-state index contributed by atoms with van der Waals surface area (Å²) >= 11 is 2.75. The molecule has 0 aliphatic rings. The molecule has 0 spiro atoms. The molecule has 1 aromatic carbocycles. The fraction of sp³-hybridized carbons (Fsp3) is 0.222. The lowest BCUT2D eigenvalue weighted by atomic mass is 10.2. The molecule has 0 atom stereocenters. The van der Waals surface area contributed by atoms with Gasteiger partial charge in [-0.2, -0.15) is 13.2 Å². The first-order valence-corrected chi connectivity index (χ1v) is 7.00. The lowest BCUT2D eigenvalue weighted by Gasteiger charge is -2.11. The van der Waals surface area contributed by atoms with Gasteiger partial charge in [0.15, 0.2) is 5.82 Å². The Hall–Kier alpha value is -1.20. The van der Waals surface area contributed by atoms with E-state index in [1.165, 1.54) is 0 Å². The number of hydrogen-bond acceptors (Lipinski definition) is 3. The van der Waals surface area contributed by atoms with Gasteiger partial charge in [0.05, 0.1) is 5.56 Å². The van der Waals surface area contributed by atoms with Crippen molar-refractivity contribution in [2.75, 3.05) is 6.54 Å². The molecule has 0 unspecified atom stereocenters. The number of carboxylic acid groups (broad SMARTS) is 1. The van der Waals surface area contributed by atoms with Gasteiger partial charge in [0.25, 0.3) is 0 Å². The van der Waals surface area contributed by atoms with Crippen molar-refractivity contribution < 1.29 is 35.9 Å². The molecule has 0 radical (unpaired) electrons. The molecule has 0 heterocycles. The molecule has 112 valence electrons. The van der Waals surface area contributed by atoms with Gasteiger partial charge in [-0.05, 0) is 12.1 Å². The van der Waals surface area contributed by atoms with E-state index in [1.54, 1.807) is 0 Å². The van der Waals surface area contributed by atoms with Crippen LogP contribution in [0.25, 0.3) is 0 Å². The van der Waals surface area contributed by atoms with E-state index >= 15 is 0 Å². The van der Waals surface area contributed by atoms with E-state index in [4.69, 9.17) is 5.11 Å². The van der Waals surface area contributed by atoms with Crippen LogP contribution >= 0.6 is 15.9 Å². The number of hydrogen-bond donors (Lipinski definition) is 2. The molecule has 1 aromatic rings. The standard InChI is InChI=1S/C9H6BrF4NO4S/c10-4-1-5(8(16)17)7(11)6(2-4)20(18,19)15-3-9(12,13)14/h1-2,15H,3H2,(H,16,17). The third kappa shape index (κ3) is 4.15. The molecule has 0 fully saturated rings. The van der Waals surface area contributed by atoms with Crippen LogP contribution in [0.2, 0.25) is 0 Å². The maximum absolute atomic E-state index is 13.7. The van der Waals surface area contributed by atoms with Crippen LogP contribution in [0.4, 0.5) is 17.6 Å². The normalized spacial score (nSPS) is 12.4. The molecule has 0 saturated carbocycles. The Morgan fingerprint density at radius 1 is 1.35 bits per heavy atom. The summed E-state index contributed by atoms with van der Waals surface area (Å²) in [6.45, 7) is -1.90. The Balaban J connectivity index is 3.29. The predicted molar refractivity (Wildman–Crippen MR) is 62.3 cm³/mol. The van der Waals surface area contributed by atoms with E-state index in [0.29, 0.717) is 6.07 Å². The average Bonchev–Trinajstić information content (AvgIpc) is 2.28. The number of carbonyl (C=O) groups is 1. The highest BCUT2D eigenvalue weighted by Crippen LogP contribution is 2.24. The monoisotopic (exact) mass is 379 g/mol. The van der Waals surface area contributed by atoms with Crippen LogP contribution in [-0.2, 0) is 10.0 Å². The number of rotatable bonds is 4. The summed E-state index contributed by atoms with van der Waals surface area (Å²) in [5.41, 5.74) is -0.980. The molecule has 5 nitrogen and oxygen atoms in total. The number of halogens is 5. The Labute approximate surface area is 118 Å². The SMILES string of the molecule is O=C(O)c1cc(Br)cc(S(=O)(=O)NCC(F)(F)F)c1F. The number of nitrogens with one attached hydrogen (secondary N) is 1. The largest absolute Gasteiger partial charge is 0.478 e. The second-order valence-corrected chi connectivity index (χ2v) is 6.16.